The van der Waals surface area contributed by atoms with E-state index in [9.17, 15) is 13.2 Å². The largest absolute Gasteiger partial charge is 0.492 e. The van der Waals surface area contributed by atoms with Crippen LogP contribution in [0.4, 0.5) is 0 Å². The highest BCUT2D eigenvalue weighted by Gasteiger charge is 2.29. The summed E-state index contributed by atoms with van der Waals surface area (Å²) >= 11 is 0. The van der Waals surface area contributed by atoms with Gasteiger partial charge in [0.2, 0.25) is 10.0 Å². The topological polar surface area (TPSA) is 63.7 Å². The number of aryl methyl sites for hydroxylation is 1. The average molecular weight is 418 g/mol. The molecule has 0 atom stereocenters. The van der Waals surface area contributed by atoms with Crippen LogP contribution in [0.25, 0.3) is 0 Å². The number of sulfonamides is 1. The number of carbonyl (C=O) groups is 1. The lowest BCUT2D eigenvalue weighted by atomic mass is 10.1. The van der Waals surface area contributed by atoms with Crippen LogP contribution in [0.15, 0.2) is 47.4 Å². The van der Waals surface area contributed by atoms with Crippen LogP contribution in [0, 0.1) is 6.92 Å². The Hall–Kier alpha value is -2.22. The molecular formula is C22H29N2O4S+. The average Bonchev–Trinajstić information content (AvgIpc) is 2.95. The normalized spacial score (nSPS) is 15.3. The zero-order valence-corrected chi connectivity index (χ0v) is 18.1. The van der Waals surface area contributed by atoms with Crippen molar-refractivity contribution in [1.29, 1.82) is 0 Å². The highest BCUT2D eigenvalue weighted by atomic mass is 32.2. The van der Waals surface area contributed by atoms with E-state index in [0.29, 0.717) is 43.0 Å². The molecule has 1 aliphatic heterocycles. The van der Waals surface area contributed by atoms with Gasteiger partial charge < -0.3 is 4.74 Å². The molecule has 0 saturated carbocycles. The highest BCUT2D eigenvalue weighted by Crippen LogP contribution is 2.28. The van der Waals surface area contributed by atoms with Crippen LogP contribution in [-0.2, 0) is 27.9 Å². The number of hydrogen-bond donors (Lipinski definition) is 0. The van der Waals surface area contributed by atoms with Gasteiger partial charge in [0.05, 0.1) is 18.0 Å². The Balaban J connectivity index is 1.90. The van der Waals surface area contributed by atoms with Gasteiger partial charge in [0.1, 0.15) is 18.9 Å². The number of hydrogen-bond acceptors (Lipinski definition) is 4. The summed E-state index contributed by atoms with van der Waals surface area (Å²) in [5, 5.41) is 0. The lowest BCUT2D eigenvalue weighted by Crippen LogP contribution is -2.45. The molecule has 2 aromatic carbocycles. The maximum atomic E-state index is 13.1. The van der Waals surface area contributed by atoms with Gasteiger partial charge in [-0.15, -0.1) is 0 Å². The maximum absolute atomic E-state index is 13.1. The summed E-state index contributed by atoms with van der Waals surface area (Å²) in [5.74, 6) is 0.701. The van der Waals surface area contributed by atoms with Gasteiger partial charge in [-0.3, -0.25) is 4.48 Å². The van der Waals surface area contributed by atoms with Gasteiger partial charge >= 0.3 is 6.41 Å². The highest BCUT2D eigenvalue weighted by molar-refractivity contribution is 7.89. The van der Waals surface area contributed by atoms with E-state index < -0.39 is 10.0 Å². The van der Waals surface area contributed by atoms with Crippen LogP contribution in [0.2, 0.25) is 0 Å². The summed E-state index contributed by atoms with van der Waals surface area (Å²) in [6, 6.07) is 12.7. The van der Waals surface area contributed by atoms with E-state index in [4.69, 9.17) is 4.74 Å². The number of rotatable bonds is 7. The third-order valence-electron chi connectivity index (χ3n) is 5.71. The van der Waals surface area contributed by atoms with Crippen LogP contribution in [-0.4, -0.2) is 49.9 Å². The molecule has 0 saturated heterocycles. The van der Waals surface area contributed by atoms with E-state index in [-0.39, 0.29) is 11.4 Å². The number of quaternary nitrogens is 1. The van der Waals surface area contributed by atoms with E-state index in [1.54, 1.807) is 24.3 Å². The van der Waals surface area contributed by atoms with Gasteiger partial charge in [-0.25, -0.2) is 13.2 Å². The minimum Gasteiger partial charge on any atom is -0.492 e. The lowest BCUT2D eigenvalue weighted by Gasteiger charge is -2.29. The molecule has 0 fully saturated rings. The van der Waals surface area contributed by atoms with Crippen molar-refractivity contribution >= 4 is 16.4 Å². The fourth-order valence-electron chi connectivity index (χ4n) is 3.58. The third kappa shape index (κ3) is 4.52. The van der Waals surface area contributed by atoms with Crippen LogP contribution in [0.1, 0.15) is 30.5 Å². The molecule has 7 heteroatoms. The Morgan fingerprint density at radius 1 is 1.10 bits per heavy atom. The van der Waals surface area contributed by atoms with Crippen molar-refractivity contribution in [2.24, 2.45) is 0 Å². The summed E-state index contributed by atoms with van der Waals surface area (Å²) in [5.41, 5.74) is 2.84. The number of ether oxygens (including phenoxy) is 1. The Bertz CT molecular complexity index is 967. The lowest BCUT2D eigenvalue weighted by molar-refractivity contribution is -0.855. The number of nitrogens with zero attached hydrogens (tertiary/aromatic N) is 2. The van der Waals surface area contributed by atoms with Gasteiger partial charge in [0, 0.05) is 24.2 Å². The quantitative estimate of drug-likeness (QED) is 0.513. The van der Waals surface area contributed by atoms with E-state index in [1.807, 2.05) is 39.0 Å². The van der Waals surface area contributed by atoms with Crippen molar-refractivity contribution in [2.75, 3.05) is 26.2 Å². The molecule has 1 heterocycles. The smallest absolute Gasteiger partial charge is 0.301 e. The summed E-state index contributed by atoms with van der Waals surface area (Å²) < 4.78 is 33.9. The van der Waals surface area contributed by atoms with Crippen molar-refractivity contribution in [1.82, 2.24) is 4.31 Å². The Labute approximate surface area is 173 Å². The molecular weight excluding hydrogens is 388 g/mol. The molecule has 2 aromatic rings. The van der Waals surface area contributed by atoms with Crippen molar-refractivity contribution in [2.45, 2.75) is 38.8 Å². The van der Waals surface area contributed by atoms with Crippen molar-refractivity contribution in [3.8, 4) is 5.75 Å². The van der Waals surface area contributed by atoms with Crippen LogP contribution in [0.5, 0.6) is 5.75 Å². The number of carbonyl (C=O) groups excluding carboxylic acids is 1. The molecule has 0 bridgehead atoms. The van der Waals surface area contributed by atoms with E-state index in [1.165, 1.54) is 4.31 Å². The van der Waals surface area contributed by atoms with Crippen LogP contribution >= 0.6 is 0 Å². The van der Waals surface area contributed by atoms with Gasteiger partial charge in [0.25, 0.3) is 0 Å². The zero-order valence-electron chi connectivity index (χ0n) is 17.3. The fraction of sp³-hybridized carbons (Fsp3) is 0.409. The summed E-state index contributed by atoms with van der Waals surface area (Å²) in [7, 11) is -3.61. The second kappa shape index (κ2) is 8.65. The first kappa shape index (κ1) is 21.5. The first-order chi connectivity index (χ1) is 13.8. The zero-order chi connectivity index (χ0) is 21.1. The molecule has 0 aromatic heterocycles. The standard InChI is InChI=1S/C22H29N2O4S/c1-4-24(5-2,17-25)16-19-8-11-22-20(14-19)15-23(12-13-28-22)29(26,27)21-9-6-18(3)7-10-21/h6-11,14,17H,4-5,12-13,15-16H2,1-3H3/q+1. The molecule has 3 rings (SSSR count). The van der Waals surface area contributed by atoms with Crippen molar-refractivity contribution < 1.29 is 22.4 Å². The first-order valence-electron chi connectivity index (χ1n) is 9.97. The Morgan fingerprint density at radius 2 is 1.79 bits per heavy atom. The van der Waals surface area contributed by atoms with Gasteiger partial charge in [-0.1, -0.05) is 17.7 Å². The summed E-state index contributed by atoms with van der Waals surface area (Å²) in [4.78, 5) is 11.9. The van der Waals surface area contributed by atoms with Gasteiger partial charge in [0.15, 0.2) is 0 Å². The monoisotopic (exact) mass is 417 g/mol. The second-order valence-electron chi connectivity index (χ2n) is 7.56. The molecule has 1 amide bonds. The summed E-state index contributed by atoms with van der Waals surface area (Å²) in [6.45, 7) is 8.77. The molecule has 0 aliphatic carbocycles. The first-order valence-corrected chi connectivity index (χ1v) is 11.4. The van der Waals surface area contributed by atoms with Crippen molar-refractivity contribution in [3.63, 3.8) is 0 Å². The predicted molar refractivity (Wildman–Crippen MR) is 112 cm³/mol. The SMILES string of the molecule is CC[N+](C=O)(CC)Cc1ccc2c(c1)CN(S(=O)(=O)c1ccc(C)cc1)CCO2. The Morgan fingerprint density at radius 3 is 2.41 bits per heavy atom. The number of amides is 1. The van der Waals surface area contributed by atoms with Gasteiger partial charge in [-0.2, -0.15) is 4.31 Å². The fourth-order valence-corrected chi connectivity index (χ4v) is 4.99. The second-order valence-corrected chi connectivity index (χ2v) is 9.49. The molecule has 156 valence electrons. The number of fused-ring (bicyclic) bond motifs is 1. The molecule has 0 N–H and O–H groups in total. The minimum atomic E-state index is -3.61. The molecule has 0 spiro atoms. The maximum Gasteiger partial charge on any atom is 0.301 e. The minimum absolute atomic E-state index is 0.249. The van der Waals surface area contributed by atoms with Gasteiger partial charge in [-0.05, 0) is 51.1 Å². The van der Waals surface area contributed by atoms with E-state index >= 15 is 0 Å². The predicted octanol–water partition coefficient (Wildman–Crippen LogP) is 3.09. The molecule has 0 unspecified atom stereocenters. The van der Waals surface area contributed by atoms with Crippen LogP contribution < -0.4 is 4.74 Å². The van der Waals surface area contributed by atoms with Crippen molar-refractivity contribution in [3.05, 3.63) is 59.2 Å². The molecule has 0 radical (unpaired) electrons. The van der Waals surface area contributed by atoms with E-state index in [0.717, 1.165) is 23.1 Å². The number of benzene rings is 2. The van der Waals surface area contributed by atoms with Crippen LogP contribution in [0.3, 0.4) is 0 Å². The molecule has 1 aliphatic rings. The van der Waals surface area contributed by atoms with E-state index in [2.05, 4.69) is 0 Å². The summed E-state index contributed by atoms with van der Waals surface area (Å²) in [6.07, 6.45) is 0.996. The molecule has 29 heavy (non-hydrogen) atoms. The third-order valence-corrected chi connectivity index (χ3v) is 7.57. The Kier molecular flexibility index (Phi) is 6.41. The molecule has 6 nitrogen and oxygen atoms in total.